The number of fused-ring (bicyclic) bond motifs is 6. The largest absolute Gasteiger partial charge is 0.308 e. The highest BCUT2D eigenvalue weighted by atomic mass is 15.1. The van der Waals surface area contributed by atoms with Crippen LogP contribution in [-0.4, -0.2) is 14.1 Å². The number of hydrogen-bond donors (Lipinski definition) is 0. The molecule has 0 aliphatic rings. The van der Waals surface area contributed by atoms with Crippen LogP contribution in [0.25, 0.3) is 71.0 Å². The van der Waals surface area contributed by atoms with E-state index in [1.54, 1.807) is 12.4 Å². The Kier molecular flexibility index (Phi) is 5.73. The lowest BCUT2D eigenvalue weighted by atomic mass is 10.0. The molecule has 0 saturated heterocycles. The maximum atomic E-state index is 8.29. The second kappa shape index (κ2) is 9.69. The molecule has 44 heavy (non-hydrogen) atoms. The molecule has 8 aromatic rings. The third-order valence-electron chi connectivity index (χ3n) is 8.84. The van der Waals surface area contributed by atoms with Crippen molar-refractivity contribution in [1.82, 2.24) is 14.1 Å². The van der Waals surface area contributed by atoms with Gasteiger partial charge in [-0.05, 0) is 112 Å². The first-order valence-electron chi connectivity index (χ1n) is 14.9. The van der Waals surface area contributed by atoms with Crippen molar-refractivity contribution in [3.05, 3.63) is 143 Å². The van der Waals surface area contributed by atoms with Crippen molar-refractivity contribution < 1.29 is 0 Å². The van der Waals surface area contributed by atoms with Gasteiger partial charge in [-0.25, -0.2) is 4.85 Å². The number of aryl methyl sites for hydroxylation is 4. The van der Waals surface area contributed by atoms with Crippen molar-refractivity contribution in [2.75, 3.05) is 0 Å². The molecular weight excluding hydrogens is 536 g/mol. The Hall–Kier alpha value is -5.66. The van der Waals surface area contributed by atoms with Crippen LogP contribution in [0.2, 0.25) is 0 Å². The Morgan fingerprint density at radius 3 is 1.27 bits per heavy atom. The summed E-state index contributed by atoms with van der Waals surface area (Å²) < 4.78 is 4.74. The van der Waals surface area contributed by atoms with E-state index in [1.165, 1.54) is 43.8 Å². The highest BCUT2D eigenvalue weighted by Crippen LogP contribution is 2.43. The van der Waals surface area contributed by atoms with E-state index in [-0.39, 0.29) is 0 Å². The fraction of sp³-hybridized carbons (Fsp3) is 0.100. The molecule has 4 heteroatoms. The van der Waals surface area contributed by atoms with Crippen molar-refractivity contribution in [3.63, 3.8) is 0 Å². The monoisotopic (exact) mass is 566 g/mol. The molecule has 0 saturated carbocycles. The van der Waals surface area contributed by atoms with Crippen LogP contribution >= 0.6 is 0 Å². The predicted molar refractivity (Wildman–Crippen MR) is 184 cm³/mol. The Morgan fingerprint density at radius 1 is 0.500 bits per heavy atom. The quantitative estimate of drug-likeness (QED) is 0.195. The molecule has 0 fully saturated rings. The second-order valence-electron chi connectivity index (χ2n) is 12.0. The summed E-state index contributed by atoms with van der Waals surface area (Å²) in [5, 5.41) is 4.88. The van der Waals surface area contributed by atoms with Gasteiger partial charge in [0.2, 0.25) is 0 Å². The van der Waals surface area contributed by atoms with E-state index >= 15 is 0 Å². The molecule has 8 rings (SSSR count). The SMILES string of the molecule is [C-]#[N+]c1cc(-n2c3ccc(C)cc3c3cc(C)ccc32)c(-n2c3ccc(C)cc3c3cc(C)ccc32)cc1-c1ccncc1. The van der Waals surface area contributed by atoms with Gasteiger partial charge in [0.05, 0.1) is 40.0 Å². The maximum absolute atomic E-state index is 8.29. The van der Waals surface area contributed by atoms with Crippen LogP contribution in [0.5, 0.6) is 0 Å². The van der Waals surface area contributed by atoms with Crippen molar-refractivity contribution in [1.29, 1.82) is 0 Å². The minimum atomic E-state index is 0.608. The lowest BCUT2D eigenvalue weighted by molar-refractivity contribution is 1.10. The van der Waals surface area contributed by atoms with Crippen LogP contribution in [0.15, 0.2) is 109 Å². The average molecular weight is 567 g/mol. The first-order valence-corrected chi connectivity index (χ1v) is 14.9. The van der Waals surface area contributed by atoms with Crippen LogP contribution in [0.1, 0.15) is 22.3 Å². The third-order valence-corrected chi connectivity index (χ3v) is 8.84. The van der Waals surface area contributed by atoms with Gasteiger partial charge < -0.3 is 9.13 Å². The van der Waals surface area contributed by atoms with Crippen LogP contribution in [0.4, 0.5) is 5.69 Å². The Bertz CT molecular complexity index is 2370. The highest BCUT2D eigenvalue weighted by molar-refractivity contribution is 6.12. The average Bonchev–Trinajstić information content (AvgIpc) is 3.51. The number of benzene rings is 5. The summed E-state index contributed by atoms with van der Waals surface area (Å²) in [6.07, 6.45) is 3.58. The Labute approximate surface area is 256 Å². The molecule has 210 valence electrons. The summed E-state index contributed by atoms with van der Waals surface area (Å²) in [6.45, 7) is 16.9. The summed E-state index contributed by atoms with van der Waals surface area (Å²) in [5.41, 5.74) is 13.9. The molecule has 4 nitrogen and oxygen atoms in total. The molecule has 0 unspecified atom stereocenters. The molecule has 0 amide bonds. The summed E-state index contributed by atoms with van der Waals surface area (Å²) in [4.78, 5) is 8.33. The number of hydrogen-bond acceptors (Lipinski definition) is 1. The van der Waals surface area contributed by atoms with Crippen molar-refractivity contribution in [3.8, 4) is 22.5 Å². The topological polar surface area (TPSA) is 27.1 Å². The van der Waals surface area contributed by atoms with Crippen LogP contribution in [0.3, 0.4) is 0 Å². The second-order valence-corrected chi connectivity index (χ2v) is 12.0. The van der Waals surface area contributed by atoms with Gasteiger partial charge in [-0.2, -0.15) is 0 Å². The number of nitrogens with zero attached hydrogens (tertiary/aromatic N) is 4. The zero-order chi connectivity index (χ0) is 30.1. The molecule has 3 heterocycles. The van der Waals surface area contributed by atoms with Crippen LogP contribution < -0.4 is 0 Å². The number of rotatable bonds is 3. The molecule has 0 aliphatic carbocycles. The van der Waals surface area contributed by atoms with Crippen molar-refractivity contribution in [2.45, 2.75) is 27.7 Å². The lowest BCUT2D eigenvalue weighted by Crippen LogP contribution is -2.04. The van der Waals surface area contributed by atoms with E-state index in [0.29, 0.717) is 5.69 Å². The summed E-state index contributed by atoms with van der Waals surface area (Å²) in [5.74, 6) is 0. The van der Waals surface area contributed by atoms with Gasteiger partial charge in [-0.1, -0.05) is 46.5 Å². The normalized spacial score (nSPS) is 11.6. The Morgan fingerprint density at radius 2 is 0.886 bits per heavy atom. The molecule has 3 aromatic heterocycles. The minimum absolute atomic E-state index is 0.608. The summed E-state index contributed by atoms with van der Waals surface area (Å²) in [6, 6.07) is 35.0. The van der Waals surface area contributed by atoms with Gasteiger partial charge in [0.15, 0.2) is 5.69 Å². The van der Waals surface area contributed by atoms with E-state index < -0.39 is 0 Å². The fourth-order valence-corrected chi connectivity index (χ4v) is 6.80. The van der Waals surface area contributed by atoms with Crippen LogP contribution in [0, 0.1) is 34.3 Å². The molecule has 0 spiro atoms. The molecule has 0 bridgehead atoms. The van der Waals surface area contributed by atoms with Gasteiger partial charge in [0.1, 0.15) is 0 Å². The minimum Gasteiger partial charge on any atom is -0.308 e. The first kappa shape index (κ1) is 26.0. The summed E-state index contributed by atoms with van der Waals surface area (Å²) >= 11 is 0. The van der Waals surface area contributed by atoms with E-state index in [9.17, 15) is 0 Å². The standard InChI is InChI=1S/C40H30N4/c1-24-6-10-35-30(18-24)31-19-25(2)7-11-36(31)43(35)39-22-29(28-14-16-42-17-15-28)34(41-5)23-40(39)44-37-12-8-26(3)20-32(37)33-21-27(4)9-13-38(33)44/h6-23H,1-4H3. The highest BCUT2D eigenvalue weighted by Gasteiger charge is 2.22. The van der Waals surface area contributed by atoms with Gasteiger partial charge in [-0.15, -0.1) is 0 Å². The van der Waals surface area contributed by atoms with E-state index in [4.69, 9.17) is 6.57 Å². The zero-order valence-corrected chi connectivity index (χ0v) is 25.2. The van der Waals surface area contributed by atoms with Gasteiger partial charge in [0, 0.05) is 33.9 Å². The molecule has 0 aliphatic heterocycles. The van der Waals surface area contributed by atoms with Gasteiger partial charge in [-0.3, -0.25) is 4.98 Å². The molecular formula is C40H30N4. The maximum Gasteiger partial charge on any atom is 0.197 e. The van der Waals surface area contributed by atoms with E-state index in [1.807, 2.05) is 12.1 Å². The smallest absolute Gasteiger partial charge is 0.197 e. The molecule has 5 aromatic carbocycles. The predicted octanol–water partition coefficient (Wildman–Crippen LogP) is 10.7. The molecule has 0 radical (unpaired) electrons. The Balaban J connectivity index is 1.59. The summed E-state index contributed by atoms with van der Waals surface area (Å²) in [7, 11) is 0. The van der Waals surface area contributed by atoms with Crippen molar-refractivity contribution >= 4 is 49.3 Å². The fourth-order valence-electron chi connectivity index (χ4n) is 6.80. The zero-order valence-electron chi connectivity index (χ0n) is 25.2. The van der Waals surface area contributed by atoms with E-state index in [2.05, 4.69) is 132 Å². The molecule has 0 atom stereocenters. The lowest BCUT2D eigenvalue weighted by Gasteiger charge is -2.20. The third kappa shape index (κ3) is 3.87. The number of aromatic nitrogens is 3. The van der Waals surface area contributed by atoms with E-state index in [0.717, 1.165) is 44.6 Å². The number of pyridine rings is 1. The van der Waals surface area contributed by atoms with Crippen molar-refractivity contribution in [2.24, 2.45) is 0 Å². The van der Waals surface area contributed by atoms with Crippen LogP contribution in [-0.2, 0) is 0 Å². The molecule has 0 N–H and O–H groups in total. The van der Waals surface area contributed by atoms with Gasteiger partial charge in [0.25, 0.3) is 0 Å². The first-order chi connectivity index (χ1) is 21.4. The van der Waals surface area contributed by atoms with Gasteiger partial charge >= 0.3 is 0 Å².